The fourth-order valence-corrected chi connectivity index (χ4v) is 4.10. The van der Waals surface area contributed by atoms with Gasteiger partial charge in [0.15, 0.2) is 5.82 Å². The van der Waals surface area contributed by atoms with Crippen LogP contribution in [0.4, 0.5) is 20.8 Å². The predicted molar refractivity (Wildman–Crippen MR) is 123 cm³/mol. The topological polar surface area (TPSA) is 130 Å². The predicted octanol–water partition coefficient (Wildman–Crippen LogP) is 1.27. The molecule has 2 aromatic heterocycles. The lowest BCUT2D eigenvalue weighted by molar-refractivity contribution is -0.164. The summed E-state index contributed by atoms with van der Waals surface area (Å²) in [7, 11) is 3.35. The van der Waals surface area contributed by atoms with E-state index >= 15 is 0 Å². The Kier molecular flexibility index (Phi) is 6.46. The molecular weight excluding hydrogens is 441 g/mol. The summed E-state index contributed by atoms with van der Waals surface area (Å²) in [4.78, 5) is 37.0. The van der Waals surface area contributed by atoms with E-state index in [1.54, 1.807) is 61.6 Å². The van der Waals surface area contributed by atoms with Gasteiger partial charge in [0, 0.05) is 39.0 Å². The van der Waals surface area contributed by atoms with Crippen LogP contribution in [0.3, 0.4) is 0 Å². The number of nitrogens with two attached hydrogens (primary N) is 1. The number of rotatable bonds is 6. The number of likely N-dealkylation sites (tertiary alicyclic amines) is 1. The molecule has 4 N–H and O–H groups in total. The number of anilines is 2. The Morgan fingerprint density at radius 1 is 1.24 bits per heavy atom. The molecule has 3 amide bonds. The second kappa shape index (κ2) is 9.48. The van der Waals surface area contributed by atoms with E-state index < -0.39 is 35.9 Å². The third-order valence-electron chi connectivity index (χ3n) is 5.88. The van der Waals surface area contributed by atoms with Crippen LogP contribution in [-0.4, -0.2) is 55.8 Å². The van der Waals surface area contributed by atoms with Crippen LogP contribution in [0, 0.1) is 11.7 Å². The van der Waals surface area contributed by atoms with E-state index in [9.17, 15) is 19.1 Å². The van der Waals surface area contributed by atoms with Crippen molar-refractivity contribution >= 4 is 23.6 Å². The van der Waals surface area contributed by atoms with Gasteiger partial charge in [-0.15, -0.1) is 0 Å². The minimum Gasteiger partial charge on any atom is -0.384 e. The number of likely N-dealkylation sites (N-methyl/N-ethyl adjacent to an activating group) is 1. The smallest absolute Gasteiger partial charge is 0.320 e. The Morgan fingerprint density at radius 3 is 2.71 bits per heavy atom. The summed E-state index contributed by atoms with van der Waals surface area (Å²) in [5.74, 6) is -0.639. The van der Waals surface area contributed by atoms with Crippen molar-refractivity contribution in [1.29, 1.82) is 0 Å². The summed E-state index contributed by atoms with van der Waals surface area (Å²) < 4.78 is 15.2. The van der Waals surface area contributed by atoms with Gasteiger partial charge in [-0.05, 0) is 41.8 Å². The molecule has 1 unspecified atom stereocenters. The van der Waals surface area contributed by atoms with Crippen LogP contribution >= 0.6 is 0 Å². The molecule has 178 valence electrons. The number of aliphatic hydroxyl groups is 1. The molecule has 11 heteroatoms. The van der Waals surface area contributed by atoms with Gasteiger partial charge in [-0.1, -0.05) is 12.1 Å². The molecule has 3 atom stereocenters. The molecule has 1 fully saturated rings. The second-order valence-electron chi connectivity index (χ2n) is 8.31. The Labute approximate surface area is 195 Å². The number of aromatic nitrogens is 3. The zero-order valence-corrected chi connectivity index (χ0v) is 18.8. The number of urea groups is 1. The number of carbonyl (C=O) groups excluding carboxylic acids is 2. The first-order chi connectivity index (χ1) is 16.2. The highest BCUT2D eigenvalue weighted by Crippen LogP contribution is 2.36. The van der Waals surface area contributed by atoms with Gasteiger partial charge in [-0.3, -0.25) is 14.6 Å². The van der Waals surface area contributed by atoms with Crippen molar-refractivity contribution in [3.63, 3.8) is 0 Å². The normalized spacial score (nSPS) is 19.4. The van der Waals surface area contributed by atoms with Gasteiger partial charge in [0.1, 0.15) is 23.9 Å². The minimum atomic E-state index is -1.20. The molecule has 0 spiro atoms. The first-order valence-electron chi connectivity index (χ1n) is 10.7. The number of nitrogens with zero attached hydrogens (tertiary/aromatic N) is 5. The number of nitrogen functional groups attached to an aromatic ring is 1. The first-order valence-corrected chi connectivity index (χ1v) is 10.7. The van der Waals surface area contributed by atoms with Gasteiger partial charge in [0.05, 0.1) is 6.33 Å². The van der Waals surface area contributed by atoms with Gasteiger partial charge in [-0.2, -0.15) is 0 Å². The molecule has 0 saturated carbocycles. The van der Waals surface area contributed by atoms with Crippen LogP contribution in [-0.2, 0) is 24.8 Å². The van der Waals surface area contributed by atoms with E-state index in [-0.39, 0.29) is 6.54 Å². The van der Waals surface area contributed by atoms with Crippen molar-refractivity contribution < 1.29 is 19.1 Å². The van der Waals surface area contributed by atoms with E-state index in [4.69, 9.17) is 5.73 Å². The molecule has 10 nitrogen and oxygen atoms in total. The number of amides is 3. The molecule has 1 aliphatic rings. The van der Waals surface area contributed by atoms with Crippen LogP contribution in [0.25, 0.3) is 0 Å². The van der Waals surface area contributed by atoms with Crippen LogP contribution in [0.2, 0.25) is 0 Å². The summed E-state index contributed by atoms with van der Waals surface area (Å²) in [6, 6.07) is 7.68. The summed E-state index contributed by atoms with van der Waals surface area (Å²) in [5, 5.41) is 13.5. The maximum atomic E-state index is 13.5. The molecule has 0 radical (unpaired) electrons. The van der Waals surface area contributed by atoms with Crippen molar-refractivity contribution in [2.75, 3.05) is 17.7 Å². The largest absolute Gasteiger partial charge is 0.384 e. The summed E-state index contributed by atoms with van der Waals surface area (Å²) in [6.07, 6.45) is 3.91. The number of aryl methyl sites for hydroxylation is 1. The number of nitrogens with one attached hydrogen (secondary N) is 1. The molecule has 0 aliphatic carbocycles. The number of halogens is 1. The highest BCUT2D eigenvalue weighted by molar-refractivity contribution is 5.99. The molecule has 1 aliphatic heterocycles. The molecule has 3 aromatic rings. The number of aliphatic hydroxyl groups excluding tert-OH is 1. The van der Waals surface area contributed by atoms with E-state index in [0.29, 0.717) is 23.6 Å². The monoisotopic (exact) mass is 467 g/mol. The van der Waals surface area contributed by atoms with E-state index in [0.717, 1.165) is 10.5 Å². The summed E-state index contributed by atoms with van der Waals surface area (Å²) in [5.41, 5.74) is 7.11. The molecule has 3 heterocycles. The van der Waals surface area contributed by atoms with Gasteiger partial charge in [0.2, 0.25) is 0 Å². The Balaban J connectivity index is 1.54. The maximum absolute atomic E-state index is 13.5. The van der Waals surface area contributed by atoms with Gasteiger partial charge < -0.3 is 20.7 Å². The number of pyridine rings is 1. The molecular formula is C23H26FN7O3. The molecule has 34 heavy (non-hydrogen) atoms. The number of hydrogen-bond acceptors (Lipinski definition) is 6. The van der Waals surface area contributed by atoms with Crippen molar-refractivity contribution in [3.05, 3.63) is 72.1 Å². The number of carbonyl (C=O) groups is 2. The fraction of sp³-hybridized carbons (Fsp3) is 0.304. The van der Waals surface area contributed by atoms with Crippen molar-refractivity contribution in [1.82, 2.24) is 24.8 Å². The lowest BCUT2D eigenvalue weighted by Gasteiger charge is -2.51. The van der Waals surface area contributed by atoms with Crippen molar-refractivity contribution in [3.8, 4) is 0 Å². The number of hydrogen-bond donors (Lipinski definition) is 3. The average Bonchev–Trinajstić information content (AvgIpc) is 3.24. The Hall–Kier alpha value is -3.99. The van der Waals surface area contributed by atoms with E-state index in [2.05, 4.69) is 15.3 Å². The molecule has 1 aromatic carbocycles. The first kappa shape index (κ1) is 23.2. The second-order valence-corrected chi connectivity index (χ2v) is 8.31. The minimum absolute atomic E-state index is 0.0440. The van der Waals surface area contributed by atoms with Crippen molar-refractivity contribution in [2.45, 2.75) is 25.2 Å². The lowest BCUT2D eigenvalue weighted by Crippen LogP contribution is -2.72. The third-order valence-corrected chi connectivity index (χ3v) is 5.88. The van der Waals surface area contributed by atoms with Gasteiger partial charge in [0.25, 0.3) is 5.91 Å². The van der Waals surface area contributed by atoms with Crippen LogP contribution < -0.4 is 16.0 Å². The summed E-state index contributed by atoms with van der Waals surface area (Å²) in [6.45, 7) is 0.0440. The molecule has 1 saturated heterocycles. The van der Waals surface area contributed by atoms with Crippen molar-refractivity contribution in [2.24, 2.45) is 13.0 Å². The third kappa shape index (κ3) is 4.69. The van der Waals surface area contributed by atoms with E-state index in [1.807, 2.05) is 0 Å². The number of benzene rings is 1. The quantitative estimate of drug-likeness (QED) is 0.501. The van der Waals surface area contributed by atoms with Gasteiger partial charge in [-0.25, -0.2) is 19.2 Å². The SMILES string of the molecule is CN(C(=O)[C@@H]1[C@@H](Cc2ccnc(N)c2)C(O)N1C(=O)NCc1cccc(F)c1)c1cn(C)cn1. The lowest BCUT2D eigenvalue weighted by atomic mass is 9.80. The molecule has 0 bridgehead atoms. The Morgan fingerprint density at radius 2 is 2.03 bits per heavy atom. The van der Waals surface area contributed by atoms with E-state index in [1.165, 1.54) is 17.0 Å². The summed E-state index contributed by atoms with van der Waals surface area (Å²) >= 11 is 0. The molecule has 4 rings (SSSR count). The Bertz CT molecular complexity index is 1200. The number of imidazole rings is 1. The van der Waals surface area contributed by atoms with Crippen LogP contribution in [0.5, 0.6) is 0 Å². The highest BCUT2D eigenvalue weighted by Gasteiger charge is 2.54. The zero-order chi connectivity index (χ0) is 24.4. The standard InChI is InChI=1S/C23H26FN7O3/c1-29-12-19(28-13-29)30(2)22(33)20-17(9-14-6-7-26-18(25)10-14)21(32)31(20)23(34)27-11-15-4-3-5-16(24)8-15/h3-8,10,12-13,17,20-21,32H,9,11H2,1-2H3,(H2,25,26)(H,27,34)/t17-,20+,21?/m1/s1. The maximum Gasteiger partial charge on any atom is 0.320 e. The van der Waals surface area contributed by atoms with Crippen LogP contribution in [0.15, 0.2) is 55.1 Å². The average molecular weight is 468 g/mol. The zero-order valence-electron chi connectivity index (χ0n) is 18.8. The highest BCUT2D eigenvalue weighted by atomic mass is 19.1. The fourth-order valence-electron chi connectivity index (χ4n) is 4.10. The van der Waals surface area contributed by atoms with Crippen LogP contribution in [0.1, 0.15) is 11.1 Å². The van der Waals surface area contributed by atoms with Gasteiger partial charge >= 0.3 is 6.03 Å².